The van der Waals surface area contributed by atoms with Crippen molar-refractivity contribution in [1.29, 1.82) is 0 Å². The summed E-state index contributed by atoms with van der Waals surface area (Å²) in [7, 11) is 0. The van der Waals surface area contributed by atoms with Crippen LogP contribution in [0.15, 0.2) is 30.5 Å². The van der Waals surface area contributed by atoms with Crippen LogP contribution in [0.4, 0.5) is 13.2 Å². The molecule has 1 heterocycles. The first-order valence-corrected chi connectivity index (χ1v) is 5.63. The van der Waals surface area contributed by atoms with Gasteiger partial charge < -0.3 is 5.11 Å². The maximum absolute atomic E-state index is 12.6. The lowest BCUT2D eigenvalue weighted by atomic mass is 10.2. The summed E-state index contributed by atoms with van der Waals surface area (Å²) in [5.41, 5.74) is 0.0702. The number of aromatic nitrogens is 3. The number of benzene rings is 1. The Morgan fingerprint density at radius 3 is 2.74 bits per heavy atom. The van der Waals surface area contributed by atoms with Gasteiger partial charge in [-0.3, -0.25) is 0 Å². The van der Waals surface area contributed by atoms with E-state index in [1.165, 1.54) is 23.0 Å². The van der Waals surface area contributed by atoms with E-state index in [9.17, 15) is 18.3 Å². The smallest absolute Gasteiger partial charge is 0.393 e. The van der Waals surface area contributed by atoms with Crippen molar-refractivity contribution in [3.05, 3.63) is 41.7 Å². The fourth-order valence-corrected chi connectivity index (χ4v) is 1.73. The van der Waals surface area contributed by atoms with E-state index in [4.69, 9.17) is 0 Å². The van der Waals surface area contributed by atoms with Gasteiger partial charge in [0.1, 0.15) is 0 Å². The summed E-state index contributed by atoms with van der Waals surface area (Å²) in [5, 5.41) is 16.7. The SMILES string of the molecule is CC(O)Cc1cnnn1-c1cccc(C(F)(F)F)c1. The lowest BCUT2D eigenvalue weighted by Gasteiger charge is -2.11. The molecule has 2 aromatic rings. The third kappa shape index (κ3) is 3.11. The molecule has 0 radical (unpaired) electrons. The van der Waals surface area contributed by atoms with Crippen molar-refractivity contribution in [2.75, 3.05) is 0 Å². The average molecular weight is 271 g/mol. The number of nitrogens with zero attached hydrogens (tertiary/aromatic N) is 3. The molecule has 0 saturated heterocycles. The Labute approximate surface area is 107 Å². The first-order chi connectivity index (χ1) is 8.88. The monoisotopic (exact) mass is 271 g/mol. The molecular formula is C12H12F3N3O. The summed E-state index contributed by atoms with van der Waals surface area (Å²) in [5.74, 6) is 0. The quantitative estimate of drug-likeness (QED) is 0.931. The predicted octanol–water partition coefficient (Wildman–Crippen LogP) is 2.21. The Morgan fingerprint density at radius 1 is 1.37 bits per heavy atom. The Bertz CT molecular complexity index is 563. The highest BCUT2D eigenvalue weighted by Gasteiger charge is 2.30. The van der Waals surface area contributed by atoms with E-state index in [0.29, 0.717) is 5.69 Å². The molecule has 0 fully saturated rings. The molecule has 0 aliphatic rings. The zero-order valence-corrected chi connectivity index (χ0v) is 10.1. The van der Waals surface area contributed by atoms with Crippen molar-refractivity contribution in [2.24, 2.45) is 0 Å². The molecule has 0 aliphatic heterocycles. The van der Waals surface area contributed by atoms with Gasteiger partial charge in [-0.15, -0.1) is 5.10 Å². The first kappa shape index (κ1) is 13.5. The highest BCUT2D eigenvalue weighted by molar-refractivity contribution is 5.37. The third-order valence-corrected chi connectivity index (χ3v) is 2.54. The number of hydrogen-bond donors (Lipinski definition) is 1. The minimum Gasteiger partial charge on any atom is -0.393 e. The van der Waals surface area contributed by atoms with Crippen LogP contribution in [0.1, 0.15) is 18.2 Å². The second-order valence-corrected chi connectivity index (χ2v) is 4.24. The van der Waals surface area contributed by atoms with Crippen LogP contribution < -0.4 is 0 Å². The number of aliphatic hydroxyl groups excluding tert-OH is 1. The highest BCUT2D eigenvalue weighted by atomic mass is 19.4. The second-order valence-electron chi connectivity index (χ2n) is 4.24. The lowest BCUT2D eigenvalue weighted by molar-refractivity contribution is -0.137. The van der Waals surface area contributed by atoms with Gasteiger partial charge in [-0.25, -0.2) is 4.68 Å². The molecule has 0 spiro atoms. The minimum absolute atomic E-state index is 0.267. The number of aliphatic hydroxyl groups is 1. The Kier molecular flexibility index (Phi) is 3.57. The molecule has 1 N–H and O–H groups in total. The van der Waals surface area contributed by atoms with Crippen LogP contribution in [0.25, 0.3) is 5.69 Å². The Hall–Kier alpha value is -1.89. The van der Waals surface area contributed by atoms with Gasteiger partial charge in [0, 0.05) is 6.42 Å². The molecule has 0 saturated carbocycles. The van der Waals surface area contributed by atoms with Gasteiger partial charge in [-0.1, -0.05) is 11.3 Å². The number of halogens is 3. The summed E-state index contributed by atoms with van der Waals surface area (Å²) in [6.45, 7) is 1.59. The van der Waals surface area contributed by atoms with Crippen LogP contribution in [0.3, 0.4) is 0 Å². The average Bonchev–Trinajstić information content (AvgIpc) is 2.75. The van der Waals surface area contributed by atoms with E-state index < -0.39 is 17.8 Å². The van der Waals surface area contributed by atoms with E-state index in [-0.39, 0.29) is 12.1 Å². The van der Waals surface area contributed by atoms with E-state index in [0.717, 1.165) is 12.1 Å². The van der Waals surface area contributed by atoms with Crippen LogP contribution in [0.5, 0.6) is 0 Å². The van der Waals surface area contributed by atoms with Gasteiger partial charge in [-0.2, -0.15) is 13.2 Å². The fourth-order valence-electron chi connectivity index (χ4n) is 1.73. The zero-order chi connectivity index (χ0) is 14.0. The standard InChI is InChI=1S/C12H12F3N3O/c1-8(19)5-11-7-16-17-18(11)10-4-2-3-9(6-10)12(13,14)15/h2-4,6-8,19H,5H2,1H3. The van der Waals surface area contributed by atoms with Crippen molar-refractivity contribution in [3.8, 4) is 5.69 Å². The van der Waals surface area contributed by atoms with Gasteiger partial charge in [0.15, 0.2) is 0 Å². The molecule has 0 amide bonds. The van der Waals surface area contributed by atoms with Crippen LogP contribution in [0, 0.1) is 0 Å². The summed E-state index contributed by atoms with van der Waals surface area (Å²) in [6.07, 6.45) is -3.33. The van der Waals surface area contributed by atoms with E-state index in [2.05, 4.69) is 10.3 Å². The molecule has 102 valence electrons. The van der Waals surface area contributed by atoms with Crippen LogP contribution >= 0.6 is 0 Å². The Morgan fingerprint density at radius 2 is 2.11 bits per heavy atom. The normalized spacial score (nSPS) is 13.5. The highest BCUT2D eigenvalue weighted by Crippen LogP contribution is 2.30. The zero-order valence-electron chi connectivity index (χ0n) is 10.1. The van der Waals surface area contributed by atoms with E-state index in [1.54, 1.807) is 6.92 Å². The Balaban J connectivity index is 2.40. The number of alkyl halides is 3. The lowest BCUT2D eigenvalue weighted by Crippen LogP contribution is -2.11. The summed E-state index contributed by atoms with van der Waals surface area (Å²) in [6, 6.07) is 4.82. The van der Waals surface area contributed by atoms with Crippen molar-refractivity contribution in [3.63, 3.8) is 0 Å². The molecule has 19 heavy (non-hydrogen) atoms. The van der Waals surface area contributed by atoms with Gasteiger partial charge in [-0.05, 0) is 25.1 Å². The van der Waals surface area contributed by atoms with Gasteiger partial charge in [0.05, 0.1) is 29.2 Å². The topological polar surface area (TPSA) is 50.9 Å². The second kappa shape index (κ2) is 5.00. The summed E-state index contributed by atoms with van der Waals surface area (Å²) in [4.78, 5) is 0. The van der Waals surface area contributed by atoms with Crippen LogP contribution in [-0.4, -0.2) is 26.2 Å². The van der Waals surface area contributed by atoms with E-state index in [1.807, 2.05) is 0 Å². The minimum atomic E-state index is -4.40. The summed E-state index contributed by atoms with van der Waals surface area (Å²) >= 11 is 0. The number of rotatable bonds is 3. The first-order valence-electron chi connectivity index (χ1n) is 5.63. The van der Waals surface area contributed by atoms with E-state index >= 15 is 0 Å². The molecule has 7 heteroatoms. The third-order valence-electron chi connectivity index (χ3n) is 2.54. The molecular weight excluding hydrogens is 259 g/mol. The van der Waals surface area contributed by atoms with Gasteiger partial charge in [0.25, 0.3) is 0 Å². The number of hydrogen-bond acceptors (Lipinski definition) is 3. The molecule has 1 aromatic carbocycles. The van der Waals surface area contributed by atoms with Crippen molar-refractivity contribution in [2.45, 2.75) is 25.6 Å². The fraction of sp³-hybridized carbons (Fsp3) is 0.333. The van der Waals surface area contributed by atoms with Gasteiger partial charge >= 0.3 is 6.18 Å². The molecule has 2 rings (SSSR count). The van der Waals surface area contributed by atoms with Crippen molar-refractivity contribution in [1.82, 2.24) is 15.0 Å². The molecule has 1 atom stereocenters. The molecule has 0 aliphatic carbocycles. The predicted molar refractivity (Wildman–Crippen MR) is 61.7 cm³/mol. The van der Waals surface area contributed by atoms with Crippen LogP contribution in [-0.2, 0) is 12.6 Å². The van der Waals surface area contributed by atoms with Crippen molar-refractivity contribution >= 4 is 0 Å². The molecule has 4 nitrogen and oxygen atoms in total. The summed E-state index contributed by atoms with van der Waals surface area (Å²) < 4.78 is 39.2. The maximum Gasteiger partial charge on any atom is 0.416 e. The van der Waals surface area contributed by atoms with Crippen molar-refractivity contribution < 1.29 is 18.3 Å². The van der Waals surface area contributed by atoms with Crippen LogP contribution in [0.2, 0.25) is 0 Å². The largest absolute Gasteiger partial charge is 0.416 e. The molecule has 1 unspecified atom stereocenters. The molecule has 1 aromatic heterocycles. The molecule has 0 bridgehead atoms. The van der Waals surface area contributed by atoms with Gasteiger partial charge in [0.2, 0.25) is 0 Å². The maximum atomic E-state index is 12.6.